The molecule has 0 spiro atoms. The van der Waals surface area contributed by atoms with Crippen LogP contribution in [0.1, 0.15) is 28.8 Å². The SMILES string of the molecule is O=C(NC(=S)Nc1ccc(OCC2CCCO2)cc1)c1ccc(OCCc2ccccc2)c(Br)c1. The minimum Gasteiger partial charge on any atom is -0.492 e. The van der Waals surface area contributed by atoms with Crippen molar-refractivity contribution in [2.45, 2.75) is 25.4 Å². The second-order valence-corrected chi connectivity index (χ2v) is 9.37. The summed E-state index contributed by atoms with van der Waals surface area (Å²) in [5.74, 6) is 1.13. The van der Waals surface area contributed by atoms with Crippen molar-refractivity contribution in [3.05, 3.63) is 88.4 Å². The van der Waals surface area contributed by atoms with Gasteiger partial charge in [0.2, 0.25) is 0 Å². The van der Waals surface area contributed by atoms with E-state index in [2.05, 4.69) is 38.7 Å². The van der Waals surface area contributed by atoms with E-state index in [9.17, 15) is 4.79 Å². The molecule has 35 heavy (non-hydrogen) atoms. The lowest BCUT2D eigenvalue weighted by Crippen LogP contribution is -2.34. The van der Waals surface area contributed by atoms with Gasteiger partial charge in [0.05, 0.1) is 17.2 Å². The van der Waals surface area contributed by atoms with Crippen LogP contribution in [-0.4, -0.2) is 36.9 Å². The summed E-state index contributed by atoms with van der Waals surface area (Å²) < 4.78 is 17.9. The number of benzene rings is 3. The fraction of sp³-hybridized carbons (Fsp3) is 0.259. The molecule has 182 valence electrons. The highest BCUT2D eigenvalue weighted by Gasteiger charge is 2.16. The molecular weight excluding hydrogens is 528 g/mol. The Morgan fingerprint density at radius 3 is 2.57 bits per heavy atom. The van der Waals surface area contributed by atoms with E-state index in [1.807, 2.05) is 42.5 Å². The van der Waals surface area contributed by atoms with Crippen molar-refractivity contribution in [2.24, 2.45) is 0 Å². The maximum Gasteiger partial charge on any atom is 0.257 e. The third kappa shape index (κ3) is 7.78. The first-order valence-corrected chi connectivity index (χ1v) is 12.7. The zero-order chi connectivity index (χ0) is 24.5. The fourth-order valence-corrected chi connectivity index (χ4v) is 4.32. The number of carbonyl (C=O) groups is 1. The minimum absolute atomic E-state index is 0.172. The van der Waals surface area contributed by atoms with Gasteiger partial charge < -0.3 is 19.5 Å². The molecule has 0 aromatic heterocycles. The predicted molar refractivity (Wildman–Crippen MR) is 144 cm³/mol. The molecule has 3 aromatic carbocycles. The molecule has 1 saturated heterocycles. The molecule has 1 unspecified atom stereocenters. The van der Waals surface area contributed by atoms with Crippen molar-refractivity contribution in [1.29, 1.82) is 0 Å². The normalized spacial score (nSPS) is 14.8. The van der Waals surface area contributed by atoms with Gasteiger partial charge in [-0.25, -0.2) is 0 Å². The number of ether oxygens (including phenoxy) is 3. The van der Waals surface area contributed by atoms with E-state index in [-0.39, 0.29) is 17.1 Å². The van der Waals surface area contributed by atoms with Gasteiger partial charge in [0.1, 0.15) is 18.1 Å². The zero-order valence-corrected chi connectivity index (χ0v) is 21.6. The molecule has 1 atom stereocenters. The Kier molecular flexibility index (Phi) is 9.11. The Labute approximate surface area is 219 Å². The summed E-state index contributed by atoms with van der Waals surface area (Å²) in [7, 11) is 0. The summed E-state index contributed by atoms with van der Waals surface area (Å²) in [6.45, 7) is 1.90. The molecule has 1 aliphatic rings. The molecule has 4 rings (SSSR count). The van der Waals surface area contributed by atoms with E-state index in [0.29, 0.717) is 29.0 Å². The minimum atomic E-state index is -0.310. The summed E-state index contributed by atoms with van der Waals surface area (Å²) >= 11 is 8.79. The van der Waals surface area contributed by atoms with Crippen molar-refractivity contribution in [3.8, 4) is 11.5 Å². The highest BCUT2D eigenvalue weighted by atomic mass is 79.9. The van der Waals surface area contributed by atoms with Crippen molar-refractivity contribution in [3.63, 3.8) is 0 Å². The first-order chi connectivity index (χ1) is 17.1. The Morgan fingerprint density at radius 1 is 1.06 bits per heavy atom. The van der Waals surface area contributed by atoms with Crippen LogP contribution >= 0.6 is 28.1 Å². The van der Waals surface area contributed by atoms with Gasteiger partial charge in [0, 0.05) is 24.3 Å². The number of carbonyl (C=O) groups excluding carboxylic acids is 1. The third-order valence-electron chi connectivity index (χ3n) is 5.48. The predicted octanol–water partition coefficient (Wildman–Crippen LogP) is 5.76. The Hall–Kier alpha value is -2.94. The van der Waals surface area contributed by atoms with Crippen LogP contribution in [0, 0.1) is 0 Å². The number of nitrogens with one attached hydrogen (secondary N) is 2. The molecule has 2 N–H and O–H groups in total. The number of anilines is 1. The highest BCUT2D eigenvalue weighted by molar-refractivity contribution is 9.10. The number of amides is 1. The van der Waals surface area contributed by atoms with Gasteiger partial charge in [-0.3, -0.25) is 10.1 Å². The average Bonchev–Trinajstić information content (AvgIpc) is 3.39. The van der Waals surface area contributed by atoms with Gasteiger partial charge in [-0.2, -0.15) is 0 Å². The van der Waals surface area contributed by atoms with Gasteiger partial charge in [0.15, 0.2) is 5.11 Å². The largest absolute Gasteiger partial charge is 0.492 e. The molecule has 1 aliphatic heterocycles. The molecule has 0 radical (unpaired) electrons. The van der Waals surface area contributed by atoms with Crippen molar-refractivity contribution < 1.29 is 19.0 Å². The van der Waals surface area contributed by atoms with Crippen LogP contribution < -0.4 is 20.1 Å². The Balaban J connectivity index is 1.23. The average molecular weight is 555 g/mol. The second-order valence-electron chi connectivity index (χ2n) is 8.11. The molecule has 3 aromatic rings. The fourth-order valence-electron chi connectivity index (χ4n) is 3.62. The number of hydrogen-bond donors (Lipinski definition) is 2. The summed E-state index contributed by atoms with van der Waals surface area (Å²) in [6, 6.07) is 22.8. The first kappa shape index (κ1) is 25.2. The van der Waals surface area contributed by atoms with Crippen LogP contribution in [0.4, 0.5) is 5.69 Å². The Morgan fingerprint density at radius 2 is 1.86 bits per heavy atom. The number of thiocarbonyl (C=S) groups is 1. The summed E-state index contributed by atoms with van der Waals surface area (Å²) in [5, 5.41) is 5.93. The number of hydrogen-bond acceptors (Lipinski definition) is 5. The van der Waals surface area contributed by atoms with Gasteiger partial charge >= 0.3 is 0 Å². The van der Waals surface area contributed by atoms with E-state index in [4.69, 9.17) is 26.4 Å². The molecule has 1 heterocycles. The second kappa shape index (κ2) is 12.7. The van der Waals surface area contributed by atoms with E-state index in [1.54, 1.807) is 18.2 Å². The smallest absolute Gasteiger partial charge is 0.257 e. The summed E-state index contributed by atoms with van der Waals surface area (Å²) in [6.07, 6.45) is 3.10. The van der Waals surface area contributed by atoms with Gasteiger partial charge in [-0.15, -0.1) is 0 Å². The summed E-state index contributed by atoms with van der Waals surface area (Å²) in [5.41, 5.74) is 2.43. The molecule has 0 bridgehead atoms. The molecule has 0 aliphatic carbocycles. The molecule has 1 amide bonds. The maximum absolute atomic E-state index is 12.6. The summed E-state index contributed by atoms with van der Waals surface area (Å²) in [4.78, 5) is 12.6. The van der Waals surface area contributed by atoms with Crippen LogP contribution in [0.25, 0.3) is 0 Å². The van der Waals surface area contributed by atoms with Gasteiger partial charge in [0.25, 0.3) is 5.91 Å². The van der Waals surface area contributed by atoms with E-state index < -0.39 is 0 Å². The maximum atomic E-state index is 12.6. The van der Waals surface area contributed by atoms with Crippen molar-refractivity contribution in [1.82, 2.24) is 5.32 Å². The van der Waals surface area contributed by atoms with Gasteiger partial charge in [-0.05, 0) is 89.0 Å². The van der Waals surface area contributed by atoms with Crippen LogP contribution in [0.15, 0.2) is 77.3 Å². The van der Waals surface area contributed by atoms with Crippen LogP contribution in [0.2, 0.25) is 0 Å². The molecule has 6 nitrogen and oxygen atoms in total. The lowest BCUT2D eigenvalue weighted by atomic mass is 10.2. The standard InChI is InChI=1S/C27H27BrN2O4S/c28-24-17-20(8-13-25(24)33-16-14-19-5-2-1-3-6-19)26(31)30-27(35)29-21-9-11-22(12-10-21)34-18-23-7-4-15-32-23/h1-3,5-6,8-13,17,23H,4,7,14-16,18H2,(H2,29,30,31,35). The molecule has 1 fully saturated rings. The quantitative estimate of drug-likeness (QED) is 0.328. The van der Waals surface area contributed by atoms with Gasteiger partial charge in [-0.1, -0.05) is 30.3 Å². The number of rotatable bonds is 9. The molecule has 0 saturated carbocycles. The highest BCUT2D eigenvalue weighted by Crippen LogP contribution is 2.26. The lowest BCUT2D eigenvalue weighted by Gasteiger charge is -2.13. The van der Waals surface area contributed by atoms with Crippen LogP contribution in [0.3, 0.4) is 0 Å². The lowest BCUT2D eigenvalue weighted by molar-refractivity contribution is 0.0679. The molecular formula is C27H27BrN2O4S. The number of halogens is 1. The monoisotopic (exact) mass is 554 g/mol. The van der Waals surface area contributed by atoms with Crippen molar-refractivity contribution in [2.75, 3.05) is 25.1 Å². The first-order valence-electron chi connectivity index (χ1n) is 11.5. The zero-order valence-electron chi connectivity index (χ0n) is 19.2. The van der Waals surface area contributed by atoms with E-state index in [1.165, 1.54) is 5.56 Å². The van der Waals surface area contributed by atoms with Crippen LogP contribution in [0.5, 0.6) is 11.5 Å². The third-order valence-corrected chi connectivity index (χ3v) is 6.31. The topological polar surface area (TPSA) is 68.8 Å². The van der Waals surface area contributed by atoms with E-state index in [0.717, 1.165) is 37.3 Å². The van der Waals surface area contributed by atoms with Crippen LogP contribution in [-0.2, 0) is 11.2 Å². The Bertz CT molecular complexity index is 1140. The van der Waals surface area contributed by atoms with Crippen molar-refractivity contribution >= 4 is 44.9 Å². The molecule has 8 heteroatoms. The van der Waals surface area contributed by atoms with E-state index >= 15 is 0 Å².